The molecule has 2 N–H and O–H groups in total. The zero-order valence-electron chi connectivity index (χ0n) is 13.1. The molecule has 0 aromatic carbocycles. The highest BCUT2D eigenvalue weighted by molar-refractivity contribution is 7.98. The van der Waals surface area contributed by atoms with Crippen LogP contribution in [0.2, 0.25) is 0 Å². The van der Waals surface area contributed by atoms with Crippen LogP contribution in [0.3, 0.4) is 0 Å². The third-order valence-electron chi connectivity index (χ3n) is 3.23. The van der Waals surface area contributed by atoms with E-state index >= 15 is 0 Å². The summed E-state index contributed by atoms with van der Waals surface area (Å²) in [6.45, 7) is 7.10. The van der Waals surface area contributed by atoms with Crippen LogP contribution in [-0.2, 0) is 4.79 Å². The van der Waals surface area contributed by atoms with E-state index in [0.717, 1.165) is 25.8 Å². The number of hydrogen-bond acceptors (Lipinski definition) is 3. The summed E-state index contributed by atoms with van der Waals surface area (Å²) in [5.74, 6) is 1.39. The summed E-state index contributed by atoms with van der Waals surface area (Å²) in [6.07, 6.45) is 9.35. The molecular formula is C15H32N2OS. The largest absolute Gasteiger partial charge is 0.352 e. The molecule has 0 spiro atoms. The van der Waals surface area contributed by atoms with Gasteiger partial charge in [-0.25, -0.2) is 0 Å². The first-order chi connectivity index (χ1) is 9.11. The van der Waals surface area contributed by atoms with Crippen LogP contribution >= 0.6 is 11.8 Å². The van der Waals surface area contributed by atoms with Gasteiger partial charge in [-0.15, -0.1) is 0 Å². The van der Waals surface area contributed by atoms with Crippen LogP contribution in [0.1, 0.15) is 59.3 Å². The minimum absolute atomic E-state index is 0.0782. The Morgan fingerprint density at radius 3 is 2.47 bits per heavy atom. The smallest absolute Gasteiger partial charge is 0.237 e. The lowest BCUT2D eigenvalue weighted by atomic mass is 10.1. The molecule has 0 aliphatic carbocycles. The molecule has 0 fully saturated rings. The molecule has 114 valence electrons. The fourth-order valence-corrected chi connectivity index (χ4v) is 2.50. The van der Waals surface area contributed by atoms with E-state index in [0.29, 0.717) is 0 Å². The van der Waals surface area contributed by atoms with Gasteiger partial charge in [0.05, 0.1) is 6.04 Å². The minimum Gasteiger partial charge on any atom is -0.352 e. The van der Waals surface area contributed by atoms with Crippen molar-refractivity contribution in [3.05, 3.63) is 0 Å². The van der Waals surface area contributed by atoms with Crippen molar-refractivity contribution in [2.75, 3.05) is 18.6 Å². The third-order valence-corrected chi connectivity index (χ3v) is 3.93. The van der Waals surface area contributed by atoms with Crippen LogP contribution in [0, 0.1) is 0 Å². The molecule has 1 amide bonds. The van der Waals surface area contributed by atoms with E-state index in [9.17, 15) is 4.79 Å². The first-order valence-electron chi connectivity index (χ1n) is 7.64. The minimum atomic E-state index is -0.0782. The van der Waals surface area contributed by atoms with Crippen molar-refractivity contribution in [1.29, 1.82) is 0 Å². The molecule has 0 saturated carbocycles. The van der Waals surface area contributed by atoms with Gasteiger partial charge in [-0.1, -0.05) is 26.2 Å². The lowest BCUT2D eigenvalue weighted by Gasteiger charge is -2.18. The summed E-state index contributed by atoms with van der Waals surface area (Å²) in [5, 5.41) is 6.35. The van der Waals surface area contributed by atoms with E-state index < -0.39 is 0 Å². The normalized spacial score (nSPS) is 14.1. The van der Waals surface area contributed by atoms with Gasteiger partial charge in [0.1, 0.15) is 0 Å². The van der Waals surface area contributed by atoms with Crippen molar-refractivity contribution in [1.82, 2.24) is 10.6 Å². The van der Waals surface area contributed by atoms with Gasteiger partial charge in [-0.05, 0) is 51.7 Å². The fourth-order valence-electron chi connectivity index (χ4n) is 2.01. The van der Waals surface area contributed by atoms with E-state index in [4.69, 9.17) is 0 Å². The second-order valence-corrected chi connectivity index (χ2v) is 6.27. The molecule has 2 unspecified atom stereocenters. The lowest BCUT2D eigenvalue weighted by Crippen LogP contribution is -2.45. The first kappa shape index (κ1) is 18.8. The highest BCUT2D eigenvalue weighted by Crippen LogP contribution is 2.04. The molecule has 0 heterocycles. The van der Waals surface area contributed by atoms with Crippen molar-refractivity contribution in [3.8, 4) is 0 Å². The maximum absolute atomic E-state index is 11.9. The van der Waals surface area contributed by atoms with E-state index in [1.54, 1.807) is 0 Å². The second-order valence-electron chi connectivity index (χ2n) is 5.28. The lowest BCUT2D eigenvalue weighted by molar-refractivity contribution is -0.123. The topological polar surface area (TPSA) is 41.1 Å². The van der Waals surface area contributed by atoms with Crippen LogP contribution in [0.25, 0.3) is 0 Å². The van der Waals surface area contributed by atoms with Crippen LogP contribution < -0.4 is 10.6 Å². The van der Waals surface area contributed by atoms with Crippen LogP contribution in [0.5, 0.6) is 0 Å². The van der Waals surface area contributed by atoms with Gasteiger partial charge in [-0.2, -0.15) is 11.8 Å². The molecular weight excluding hydrogens is 256 g/mol. The molecule has 0 aromatic heterocycles. The van der Waals surface area contributed by atoms with E-state index in [1.807, 2.05) is 18.7 Å². The molecule has 0 aliphatic heterocycles. The van der Waals surface area contributed by atoms with Gasteiger partial charge in [0.25, 0.3) is 0 Å². The number of hydrogen-bond donors (Lipinski definition) is 2. The summed E-state index contributed by atoms with van der Waals surface area (Å²) >= 11 is 1.92. The fraction of sp³-hybridized carbons (Fsp3) is 0.933. The zero-order valence-corrected chi connectivity index (χ0v) is 13.9. The van der Waals surface area contributed by atoms with Crippen LogP contribution in [0.4, 0.5) is 0 Å². The number of nitrogens with one attached hydrogen (secondary N) is 2. The molecule has 0 saturated heterocycles. The Bertz CT molecular complexity index is 224. The summed E-state index contributed by atoms with van der Waals surface area (Å²) in [4.78, 5) is 11.9. The molecule has 0 radical (unpaired) electrons. The van der Waals surface area contributed by atoms with Gasteiger partial charge in [0.15, 0.2) is 0 Å². The maximum atomic E-state index is 11.9. The van der Waals surface area contributed by atoms with E-state index in [1.165, 1.54) is 25.0 Å². The molecule has 0 bridgehead atoms. The Balaban J connectivity index is 3.51. The number of thioether (sulfide) groups is 1. The Kier molecular flexibility index (Phi) is 12.6. The molecule has 0 aliphatic rings. The predicted octanol–water partition coefficient (Wildman–Crippen LogP) is 3.19. The van der Waals surface area contributed by atoms with Crippen molar-refractivity contribution in [2.45, 2.75) is 71.4 Å². The number of carbonyl (C=O) groups is 1. The highest BCUT2D eigenvalue weighted by Gasteiger charge is 2.13. The number of rotatable bonds is 12. The number of carbonyl (C=O) groups excluding carboxylic acids is 1. The van der Waals surface area contributed by atoms with Crippen LogP contribution in [-0.4, -0.2) is 36.5 Å². The monoisotopic (exact) mass is 288 g/mol. The first-order valence-corrected chi connectivity index (χ1v) is 9.03. The average Bonchev–Trinajstić information content (AvgIpc) is 2.37. The van der Waals surface area contributed by atoms with Gasteiger partial charge in [0, 0.05) is 6.04 Å². The van der Waals surface area contributed by atoms with Crippen molar-refractivity contribution in [3.63, 3.8) is 0 Å². The quantitative estimate of drug-likeness (QED) is 0.542. The Hall–Kier alpha value is -0.220. The Labute approximate surface area is 123 Å². The molecule has 0 rings (SSSR count). The zero-order chi connectivity index (χ0) is 14.5. The standard InChI is InChI=1S/C15H32N2OS/c1-5-10-13(2)17-15(18)14(3)16-11-8-6-7-9-12-19-4/h13-14,16H,5-12H2,1-4H3,(H,17,18). The third kappa shape index (κ3) is 11.3. The summed E-state index contributed by atoms with van der Waals surface area (Å²) in [7, 11) is 0. The Morgan fingerprint density at radius 2 is 1.84 bits per heavy atom. The second kappa shape index (κ2) is 12.8. The summed E-state index contributed by atoms with van der Waals surface area (Å²) in [5.41, 5.74) is 0. The summed E-state index contributed by atoms with van der Waals surface area (Å²) in [6, 6.07) is 0.207. The predicted molar refractivity (Wildman–Crippen MR) is 86.8 cm³/mol. The molecule has 3 nitrogen and oxygen atoms in total. The van der Waals surface area contributed by atoms with Gasteiger partial charge < -0.3 is 10.6 Å². The molecule has 19 heavy (non-hydrogen) atoms. The number of unbranched alkanes of at least 4 members (excludes halogenated alkanes) is 3. The highest BCUT2D eigenvalue weighted by atomic mass is 32.2. The number of amides is 1. The van der Waals surface area contributed by atoms with Crippen molar-refractivity contribution in [2.24, 2.45) is 0 Å². The summed E-state index contributed by atoms with van der Waals surface area (Å²) < 4.78 is 0. The van der Waals surface area contributed by atoms with Gasteiger partial charge in [-0.3, -0.25) is 4.79 Å². The van der Waals surface area contributed by atoms with Crippen molar-refractivity contribution < 1.29 is 4.79 Å². The Morgan fingerprint density at radius 1 is 1.16 bits per heavy atom. The van der Waals surface area contributed by atoms with Crippen LogP contribution in [0.15, 0.2) is 0 Å². The van der Waals surface area contributed by atoms with Gasteiger partial charge in [0.2, 0.25) is 5.91 Å². The van der Waals surface area contributed by atoms with Gasteiger partial charge >= 0.3 is 0 Å². The maximum Gasteiger partial charge on any atom is 0.237 e. The van der Waals surface area contributed by atoms with Crippen molar-refractivity contribution >= 4 is 17.7 Å². The molecule has 4 heteroatoms. The van der Waals surface area contributed by atoms with E-state index in [2.05, 4.69) is 30.7 Å². The molecule has 0 aromatic rings. The van der Waals surface area contributed by atoms with E-state index in [-0.39, 0.29) is 18.0 Å². The SMILES string of the molecule is CCCC(C)NC(=O)C(C)NCCCCCCSC. The average molecular weight is 289 g/mol. The molecule has 2 atom stereocenters.